The van der Waals surface area contributed by atoms with Crippen LogP contribution in [-0.2, 0) is 6.42 Å². The molecule has 0 aliphatic heterocycles. The maximum absolute atomic E-state index is 10.2. The third kappa shape index (κ3) is 3.63. The Balaban J connectivity index is 1.71. The van der Waals surface area contributed by atoms with Crippen LogP contribution in [0.4, 0.5) is 0 Å². The third-order valence-electron chi connectivity index (χ3n) is 4.06. The van der Waals surface area contributed by atoms with E-state index in [1.54, 1.807) is 0 Å². The average molecular weight is 307 g/mol. The average Bonchev–Trinajstić information content (AvgIpc) is 2.82. The molecule has 0 amide bonds. The summed E-state index contributed by atoms with van der Waals surface area (Å²) in [5.74, 6) is 1.22. The van der Waals surface area contributed by atoms with Crippen molar-refractivity contribution in [2.24, 2.45) is 0 Å². The highest BCUT2D eigenvalue weighted by atomic mass is 35.5. The second-order valence-corrected chi connectivity index (χ2v) is 6.10. The zero-order valence-electron chi connectivity index (χ0n) is 11.8. The van der Waals surface area contributed by atoms with Gasteiger partial charge in [0.25, 0.3) is 0 Å². The molecule has 1 aliphatic rings. The van der Waals surface area contributed by atoms with Crippen molar-refractivity contribution in [1.29, 1.82) is 0 Å². The number of aromatic nitrogens is 2. The molecule has 2 unspecified atom stereocenters. The van der Waals surface area contributed by atoms with E-state index in [1.807, 2.05) is 24.3 Å². The van der Waals surface area contributed by atoms with Crippen LogP contribution < -0.4 is 0 Å². The monoisotopic (exact) mass is 306 g/mol. The fourth-order valence-corrected chi connectivity index (χ4v) is 2.98. The molecule has 1 saturated carbocycles. The fourth-order valence-electron chi connectivity index (χ4n) is 2.85. The van der Waals surface area contributed by atoms with E-state index in [1.165, 1.54) is 6.42 Å². The first-order chi connectivity index (χ1) is 10.2. The van der Waals surface area contributed by atoms with Crippen molar-refractivity contribution in [2.75, 3.05) is 0 Å². The summed E-state index contributed by atoms with van der Waals surface area (Å²) in [6.45, 7) is 0. The maximum atomic E-state index is 10.2. The maximum Gasteiger partial charge on any atom is 0.232 e. The highest BCUT2D eigenvalue weighted by molar-refractivity contribution is 6.30. The second kappa shape index (κ2) is 6.58. The van der Waals surface area contributed by atoms with Gasteiger partial charge in [-0.25, -0.2) is 0 Å². The Hall–Kier alpha value is -1.39. The van der Waals surface area contributed by atoms with Gasteiger partial charge in [0.1, 0.15) is 0 Å². The van der Waals surface area contributed by atoms with E-state index in [0.717, 1.165) is 31.2 Å². The van der Waals surface area contributed by atoms with Gasteiger partial charge in [0.15, 0.2) is 5.82 Å². The van der Waals surface area contributed by atoms with Gasteiger partial charge in [0.2, 0.25) is 5.89 Å². The summed E-state index contributed by atoms with van der Waals surface area (Å²) in [6, 6.07) is 7.62. The fraction of sp³-hybridized carbons (Fsp3) is 0.500. The molecule has 2 aromatic rings. The molecular weight excluding hydrogens is 288 g/mol. The Morgan fingerprint density at radius 2 is 1.90 bits per heavy atom. The molecule has 21 heavy (non-hydrogen) atoms. The molecule has 0 radical (unpaired) electrons. The van der Waals surface area contributed by atoms with Crippen LogP contribution >= 0.6 is 11.6 Å². The van der Waals surface area contributed by atoms with Crippen LogP contribution in [0, 0.1) is 0 Å². The van der Waals surface area contributed by atoms with E-state index in [9.17, 15) is 5.11 Å². The van der Waals surface area contributed by atoms with Crippen molar-refractivity contribution in [1.82, 2.24) is 10.1 Å². The molecule has 4 nitrogen and oxygen atoms in total. The largest absolute Gasteiger partial charge is 0.392 e. The van der Waals surface area contributed by atoms with Crippen LogP contribution in [0.3, 0.4) is 0 Å². The molecule has 1 aliphatic carbocycles. The highest BCUT2D eigenvalue weighted by Gasteiger charge is 2.28. The Morgan fingerprint density at radius 1 is 1.14 bits per heavy atom. The van der Waals surface area contributed by atoms with Gasteiger partial charge in [-0.1, -0.05) is 48.2 Å². The topological polar surface area (TPSA) is 59.2 Å². The molecule has 3 rings (SSSR count). The smallest absolute Gasteiger partial charge is 0.232 e. The third-order valence-corrected chi connectivity index (χ3v) is 4.31. The molecule has 1 aromatic carbocycles. The lowest BCUT2D eigenvalue weighted by Gasteiger charge is -2.15. The molecule has 1 aromatic heterocycles. The predicted octanol–water partition coefficient (Wildman–Crippen LogP) is 3.72. The van der Waals surface area contributed by atoms with Crippen molar-refractivity contribution in [2.45, 2.75) is 50.5 Å². The van der Waals surface area contributed by atoms with E-state index in [4.69, 9.17) is 16.1 Å². The lowest BCUT2D eigenvalue weighted by molar-refractivity contribution is 0.119. The van der Waals surface area contributed by atoms with Crippen molar-refractivity contribution in [3.8, 4) is 0 Å². The zero-order chi connectivity index (χ0) is 14.7. The standard InChI is InChI=1S/C16H19ClN2O2/c17-12-8-6-11(7-9-12)10-15-18-16(21-19-15)13-4-2-1-3-5-14(13)20/h6-9,13-14,20H,1-5,10H2. The summed E-state index contributed by atoms with van der Waals surface area (Å²) in [5.41, 5.74) is 1.09. The highest BCUT2D eigenvalue weighted by Crippen LogP contribution is 2.31. The van der Waals surface area contributed by atoms with Gasteiger partial charge < -0.3 is 9.63 Å². The number of rotatable bonds is 3. The van der Waals surface area contributed by atoms with Gasteiger partial charge >= 0.3 is 0 Å². The van der Waals surface area contributed by atoms with Gasteiger partial charge in [-0.05, 0) is 30.5 Å². The predicted molar refractivity (Wildman–Crippen MR) is 80.4 cm³/mol. The van der Waals surface area contributed by atoms with Gasteiger partial charge in [-0.15, -0.1) is 0 Å². The quantitative estimate of drug-likeness (QED) is 0.878. The first kappa shape index (κ1) is 14.5. The lowest BCUT2D eigenvalue weighted by atomic mass is 9.97. The number of hydrogen-bond donors (Lipinski definition) is 1. The van der Waals surface area contributed by atoms with Crippen LogP contribution in [0.15, 0.2) is 28.8 Å². The summed E-state index contributed by atoms with van der Waals surface area (Å²) in [7, 11) is 0. The molecule has 0 bridgehead atoms. The minimum atomic E-state index is -0.365. The molecule has 0 spiro atoms. The van der Waals surface area contributed by atoms with E-state index in [2.05, 4.69) is 10.1 Å². The Bertz CT molecular complexity index is 582. The lowest BCUT2D eigenvalue weighted by Crippen LogP contribution is -2.17. The SMILES string of the molecule is OC1CCCCCC1c1nc(Cc2ccc(Cl)cc2)no1. The van der Waals surface area contributed by atoms with Crippen molar-refractivity contribution >= 4 is 11.6 Å². The van der Waals surface area contributed by atoms with Crippen molar-refractivity contribution in [3.05, 3.63) is 46.6 Å². The molecule has 1 fully saturated rings. The Labute approximate surface area is 129 Å². The summed E-state index contributed by atoms with van der Waals surface area (Å²) < 4.78 is 5.38. The van der Waals surface area contributed by atoms with Gasteiger partial charge in [0, 0.05) is 11.4 Å². The van der Waals surface area contributed by atoms with Crippen LogP contribution in [0.25, 0.3) is 0 Å². The number of halogens is 1. The van der Waals surface area contributed by atoms with Crippen LogP contribution in [-0.4, -0.2) is 21.4 Å². The molecule has 112 valence electrons. The van der Waals surface area contributed by atoms with Gasteiger partial charge in [0.05, 0.1) is 12.0 Å². The summed E-state index contributed by atoms with van der Waals surface area (Å²) in [5, 5.41) is 15.0. The second-order valence-electron chi connectivity index (χ2n) is 5.66. The van der Waals surface area contributed by atoms with Crippen LogP contribution in [0.1, 0.15) is 55.3 Å². The van der Waals surface area contributed by atoms with Gasteiger partial charge in [-0.3, -0.25) is 0 Å². The normalized spacial score (nSPS) is 23.0. The van der Waals surface area contributed by atoms with Crippen molar-refractivity contribution in [3.63, 3.8) is 0 Å². The summed E-state index contributed by atoms with van der Waals surface area (Å²) >= 11 is 5.87. The van der Waals surface area contributed by atoms with E-state index in [0.29, 0.717) is 23.2 Å². The minimum absolute atomic E-state index is 0.0148. The van der Waals surface area contributed by atoms with E-state index in [-0.39, 0.29) is 12.0 Å². The Kier molecular flexibility index (Phi) is 4.56. The zero-order valence-corrected chi connectivity index (χ0v) is 12.6. The minimum Gasteiger partial charge on any atom is -0.392 e. The number of benzene rings is 1. The number of aliphatic hydroxyl groups excluding tert-OH is 1. The summed E-state index contributed by atoms with van der Waals surface area (Å²) in [6.07, 6.45) is 5.34. The molecule has 5 heteroatoms. The number of hydrogen-bond acceptors (Lipinski definition) is 4. The molecule has 0 saturated heterocycles. The Morgan fingerprint density at radius 3 is 2.71 bits per heavy atom. The molecule has 1 heterocycles. The van der Waals surface area contributed by atoms with E-state index < -0.39 is 0 Å². The first-order valence-corrected chi connectivity index (χ1v) is 7.85. The molecule has 2 atom stereocenters. The summed E-state index contributed by atoms with van der Waals surface area (Å²) in [4.78, 5) is 4.47. The number of aliphatic hydroxyl groups is 1. The molecular formula is C16H19ClN2O2. The van der Waals surface area contributed by atoms with Crippen LogP contribution in [0.5, 0.6) is 0 Å². The van der Waals surface area contributed by atoms with Crippen LogP contribution in [0.2, 0.25) is 5.02 Å². The van der Waals surface area contributed by atoms with E-state index >= 15 is 0 Å². The number of nitrogens with zero attached hydrogens (tertiary/aromatic N) is 2. The van der Waals surface area contributed by atoms with Gasteiger partial charge in [-0.2, -0.15) is 4.98 Å². The van der Waals surface area contributed by atoms with Crippen molar-refractivity contribution < 1.29 is 9.63 Å². The molecule has 1 N–H and O–H groups in total. The first-order valence-electron chi connectivity index (χ1n) is 7.47.